The van der Waals surface area contributed by atoms with Gasteiger partial charge in [0.2, 0.25) is 0 Å². The first kappa shape index (κ1) is 15.1. The van der Waals surface area contributed by atoms with Crippen LogP contribution >= 0.6 is 0 Å². The quantitative estimate of drug-likeness (QED) is 0.779. The average molecular weight is 306 g/mol. The second-order valence-corrected chi connectivity index (χ2v) is 5.72. The molecule has 2 aliphatic rings. The molecule has 2 aliphatic heterocycles. The van der Waals surface area contributed by atoms with Crippen molar-refractivity contribution in [3.8, 4) is 5.75 Å². The van der Waals surface area contributed by atoms with Gasteiger partial charge in [-0.2, -0.15) is 0 Å². The van der Waals surface area contributed by atoms with Gasteiger partial charge in [0.1, 0.15) is 5.75 Å². The van der Waals surface area contributed by atoms with E-state index >= 15 is 0 Å². The molecule has 0 spiro atoms. The largest absolute Gasteiger partial charge is 0.493 e. The van der Waals surface area contributed by atoms with Gasteiger partial charge in [-0.25, -0.2) is 4.79 Å². The van der Waals surface area contributed by atoms with Gasteiger partial charge in [0, 0.05) is 32.2 Å². The van der Waals surface area contributed by atoms with E-state index in [1.54, 1.807) is 0 Å². The molecule has 2 amide bonds. The second kappa shape index (κ2) is 6.98. The van der Waals surface area contributed by atoms with E-state index in [-0.39, 0.29) is 18.6 Å². The van der Waals surface area contributed by atoms with Crippen LogP contribution in [0.2, 0.25) is 0 Å². The lowest BCUT2D eigenvalue weighted by Crippen LogP contribution is -2.45. The number of carbonyl (C=O) groups excluding carboxylic acids is 1. The molecule has 0 radical (unpaired) electrons. The van der Waals surface area contributed by atoms with Crippen molar-refractivity contribution in [2.75, 3.05) is 26.4 Å². The Morgan fingerprint density at radius 3 is 2.95 bits per heavy atom. The molecular formula is C16H22N2O4. The van der Waals surface area contributed by atoms with E-state index in [0.29, 0.717) is 19.8 Å². The topological polar surface area (TPSA) is 79.8 Å². The summed E-state index contributed by atoms with van der Waals surface area (Å²) in [5.74, 6) is 0.890. The molecule has 0 saturated carbocycles. The Balaban J connectivity index is 1.47. The molecule has 6 heteroatoms. The Bertz CT molecular complexity index is 529. The van der Waals surface area contributed by atoms with Crippen molar-refractivity contribution in [2.24, 2.45) is 0 Å². The molecule has 22 heavy (non-hydrogen) atoms. The Hall–Kier alpha value is -1.79. The molecule has 120 valence electrons. The number of aliphatic hydroxyl groups is 1. The molecule has 1 saturated heterocycles. The molecule has 3 N–H and O–H groups in total. The Morgan fingerprint density at radius 1 is 1.32 bits per heavy atom. The second-order valence-electron chi connectivity index (χ2n) is 5.72. The first-order chi connectivity index (χ1) is 10.7. The summed E-state index contributed by atoms with van der Waals surface area (Å²) in [4.78, 5) is 11.8. The van der Waals surface area contributed by atoms with E-state index in [1.807, 2.05) is 18.2 Å². The fourth-order valence-corrected chi connectivity index (χ4v) is 2.80. The zero-order valence-electron chi connectivity index (χ0n) is 12.5. The van der Waals surface area contributed by atoms with Gasteiger partial charge in [0.25, 0.3) is 0 Å². The zero-order valence-corrected chi connectivity index (χ0v) is 12.5. The van der Waals surface area contributed by atoms with Crippen molar-refractivity contribution in [1.82, 2.24) is 10.6 Å². The van der Waals surface area contributed by atoms with Crippen molar-refractivity contribution in [1.29, 1.82) is 0 Å². The van der Waals surface area contributed by atoms with Crippen LogP contribution in [0, 0.1) is 0 Å². The minimum absolute atomic E-state index is 0.156. The first-order valence-corrected chi connectivity index (χ1v) is 7.78. The van der Waals surface area contributed by atoms with Crippen LogP contribution in [0.1, 0.15) is 30.1 Å². The van der Waals surface area contributed by atoms with Crippen LogP contribution in [-0.2, 0) is 11.2 Å². The number of aliphatic hydroxyl groups excluding tert-OH is 1. The van der Waals surface area contributed by atoms with Crippen LogP contribution in [0.4, 0.5) is 4.79 Å². The number of hydrogen-bond acceptors (Lipinski definition) is 4. The van der Waals surface area contributed by atoms with Gasteiger partial charge in [-0.1, -0.05) is 6.07 Å². The minimum atomic E-state index is -0.716. The van der Waals surface area contributed by atoms with Gasteiger partial charge in [-0.05, 0) is 36.1 Å². The number of nitrogens with one attached hydrogen (secondary N) is 2. The summed E-state index contributed by atoms with van der Waals surface area (Å²) >= 11 is 0. The van der Waals surface area contributed by atoms with Gasteiger partial charge < -0.3 is 25.2 Å². The van der Waals surface area contributed by atoms with Crippen molar-refractivity contribution in [3.05, 3.63) is 29.3 Å². The van der Waals surface area contributed by atoms with E-state index in [1.165, 1.54) is 0 Å². The summed E-state index contributed by atoms with van der Waals surface area (Å²) in [6.07, 6.45) is 1.82. The number of rotatable bonds is 4. The lowest BCUT2D eigenvalue weighted by atomic mass is 10.0. The van der Waals surface area contributed by atoms with E-state index in [4.69, 9.17) is 9.47 Å². The van der Waals surface area contributed by atoms with Crippen LogP contribution in [0.25, 0.3) is 0 Å². The monoisotopic (exact) mass is 306 g/mol. The van der Waals surface area contributed by atoms with E-state index in [9.17, 15) is 9.90 Å². The average Bonchev–Trinajstić information content (AvgIpc) is 3.01. The van der Waals surface area contributed by atoms with Crippen LogP contribution in [0.5, 0.6) is 5.75 Å². The fraction of sp³-hybridized carbons (Fsp3) is 0.562. The molecule has 0 aromatic heterocycles. The predicted octanol–water partition coefficient (Wildman–Crippen LogP) is 1.13. The van der Waals surface area contributed by atoms with Crippen molar-refractivity contribution in [2.45, 2.75) is 31.4 Å². The maximum atomic E-state index is 11.8. The lowest BCUT2D eigenvalue weighted by molar-refractivity contribution is 0.0798. The van der Waals surface area contributed by atoms with Crippen LogP contribution in [-0.4, -0.2) is 43.5 Å². The molecule has 1 aromatic carbocycles. The SMILES string of the molecule is O=C(NC[C@@H](O)c1ccc2c(c1)CCO2)NC1CCOCC1. The third-order valence-electron chi connectivity index (χ3n) is 4.11. The predicted molar refractivity (Wildman–Crippen MR) is 81.0 cm³/mol. The number of urea groups is 1. The van der Waals surface area contributed by atoms with Gasteiger partial charge >= 0.3 is 6.03 Å². The molecular weight excluding hydrogens is 284 g/mol. The first-order valence-electron chi connectivity index (χ1n) is 7.78. The molecule has 3 rings (SSSR count). The smallest absolute Gasteiger partial charge is 0.315 e. The highest BCUT2D eigenvalue weighted by Gasteiger charge is 2.18. The molecule has 6 nitrogen and oxygen atoms in total. The Kier molecular flexibility index (Phi) is 4.80. The number of hydrogen-bond donors (Lipinski definition) is 3. The fourth-order valence-electron chi connectivity index (χ4n) is 2.80. The number of carbonyl (C=O) groups is 1. The van der Waals surface area contributed by atoms with Gasteiger partial charge in [-0.15, -0.1) is 0 Å². The van der Waals surface area contributed by atoms with E-state index in [2.05, 4.69) is 10.6 Å². The van der Waals surface area contributed by atoms with Crippen molar-refractivity contribution in [3.63, 3.8) is 0 Å². The highest BCUT2D eigenvalue weighted by atomic mass is 16.5. The van der Waals surface area contributed by atoms with Gasteiger partial charge in [0.15, 0.2) is 0 Å². The van der Waals surface area contributed by atoms with E-state index in [0.717, 1.165) is 36.1 Å². The zero-order chi connectivity index (χ0) is 15.4. The van der Waals surface area contributed by atoms with Crippen LogP contribution in [0.15, 0.2) is 18.2 Å². The van der Waals surface area contributed by atoms with E-state index < -0.39 is 6.10 Å². The normalized spacial score (nSPS) is 19.1. The van der Waals surface area contributed by atoms with Crippen molar-refractivity contribution >= 4 is 6.03 Å². The maximum Gasteiger partial charge on any atom is 0.315 e. The maximum absolute atomic E-state index is 11.8. The van der Waals surface area contributed by atoms with Crippen LogP contribution in [0.3, 0.4) is 0 Å². The standard InChI is InChI=1S/C16H22N2O4/c19-14(11-1-2-15-12(9-11)3-8-22-15)10-17-16(20)18-13-4-6-21-7-5-13/h1-2,9,13-14,19H,3-8,10H2,(H2,17,18,20)/t14-/m1/s1. The number of amides is 2. The van der Waals surface area contributed by atoms with Crippen LogP contribution < -0.4 is 15.4 Å². The summed E-state index contributed by atoms with van der Waals surface area (Å²) in [5, 5.41) is 15.8. The summed E-state index contributed by atoms with van der Waals surface area (Å²) in [6, 6.07) is 5.58. The number of ether oxygens (including phenoxy) is 2. The van der Waals surface area contributed by atoms with Gasteiger partial charge in [-0.3, -0.25) is 0 Å². The third-order valence-corrected chi connectivity index (χ3v) is 4.11. The Morgan fingerprint density at radius 2 is 2.14 bits per heavy atom. The lowest BCUT2D eigenvalue weighted by Gasteiger charge is -2.23. The molecule has 1 fully saturated rings. The molecule has 0 unspecified atom stereocenters. The molecule has 0 bridgehead atoms. The third kappa shape index (κ3) is 3.69. The summed E-state index contributed by atoms with van der Waals surface area (Å²) in [5.41, 5.74) is 1.92. The summed E-state index contributed by atoms with van der Waals surface area (Å²) in [7, 11) is 0. The van der Waals surface area contributed by atoms with Gasteiger partial charge in [0.05, 0.1) is 12.7 Å². The van der Waals surface area contributed by atoms with Crippen molar-refractivity contribution < 1.29 is 19.4 Å². The summed E-state index contributed by atoms with van der Waals surface area (Å²) < 4.78 is 10.7. The molecule has 2 heterocycles. The number of fused-ring (bicyclic) bond motifs is 1. The highest BCUT2D eigenvalue weighted by molar-refractivity contribution is 5.74. The Labute approximate surface area is 129 Å². The summed E-state index contributed by atoms with van der Waals surface area (Å²) in [6.45, 7) is 2.25. The minimum Gasteiger partial charge on any atom is -0.493 e. The molecule has 1 atom stereocenters. The highest BCUT2D eigenvalue weighted by Crippen LogP contribution is 2.27. The molecule has 1 aromatic rings. The molecule has 0 aliphatic carbocycles. The number of benzene rings is 1.